The third kappa shape index (κ3) is 3.91. The first-order valence-electron chi connectivity index (χ1n) is 6.34. The molecule has 7 heteroatoms. The Morgan fingerprint density at radius 3 is 2.90 bits per heavy atom. The van der Waals surface area contributed by atoms with E-state index in [1.165, 1.54) is 12.1 Å². The molecule has 1 aromatic rings. The number of amides is 1. The predicted molar refractivity (Wildman–Crippen MR) is 78.4 cm³/mol. The van der Waals surface area contributed by atoms with Gasteiger partial charge in [0.1, 0.15) is 0 Å². The van der Waals surface area contributed by atoms with Crippen molar-refractivity contribution in [3.05, 3.63) is 39.4 Å². The lowest BCUT2D eigenvalue weighted by Crippen LogP contribution is -2.37. The van der Waals surface area contributed by atoms with Gasteiger partial charge in [-0.3, -0.25) is 14.9 Å². The van der Waals surface area contributed by atoms with Crippen molar-refractivity contribution in [1.82, 2.24) is 10.6 Å². The molecule has 1 aliphatic rings. The average molecular weight is 300 g/mol. The number of hydrogen-bond donors (Lipinski definition) is 2. The monoisotopic (exact) mass is 299 g/mol. The van der Waals surface area contributed by atoms with Crippen molar-refractivity contribution in [1.29, 1.82) is 0 Å². The maximum Gasteiger partial charge on any atom is 0.270 e. The van der Waals surface area contributed by atoms with Gasteiger partial charge in [0.15, 0.2) is 0 Å². The van der Waals surface area contributed by atoms with Crippen LogP contribution in [0.25, 0.3) is 0 Å². The quantitative estimate of drug-likeness (QED) is 0.656. The van der Waals surface area contributed by atoms with E-state index in [1.807, 2.05) is 0 Å². The minimum Gasteiger partial charge on any atom is -0.350 e. The number of aryl methyl sites for hydroxylation is 1. The van der Waals surface area contributed by atoms with Gasteiger partial charge in [-0.25, -0.2) is 0 Å². The normalized spacial score (nSPS) is 17.4. The Labute approximate surface area is 123 Å². The van der Waals surface area contributed by atoms with Crippen LogP contribution < -0.4 is 10.6 Å². The van der Waals surface area contributed by atoms with Gasteiger partial charge >= 0.3 is 0 Å². The molecule has 20 heavy (non-hydrogen) atoms. The summed E-state index contributed by atoms with van der Waals surface area (Å²) in [4.78, 5) is 22.3. The Morgan fingerprint density at radius 2 is 2.30 bits per heavy atom. The van der Waals surface area contributed by atoms with Crippen molar-refractivity contribution in [2.75, 3.05) is 13.1 Å². The number of nitro benzene ring substituents is 1. The van der Waals surface area contributed by atoms with E-state index in [0.717, 1.165) is 24.9 Å². The van der Waals surface area contributed by atoms with Crippen molar-refractivity contribution in [2.24, 2.45) is 0 Å². The van der Waals surface area contributed by atoms with Crippen LogP contribution in [0.3, 0.4) is 0 Å². The number of carbonyl (C=O) groups is 1. The van der Waals surface area contributed by atoms with Gasteiger partial charge in [-0.2, -0.15) is 0 Å². The number of nitrogens with one attached hydrogen (secondary N) is 2. The second kappa shape index (κ2) is 7.21. The molecule has 2 N–H and O–H groups in total. The summed E-state index contributed by atoms with van der Waals surface area (Å²) in [5.74, 6) is -0.255. The topological polar surface area (TPSA) is 84.3 Å². The van der Waals surface area contributed by atoms with E-state index in [0.29, 0.717) is 18.2 Å². The summed E-state index contributed by atoms with van der Waals surface area (Å²) in [6.45, 7) is 3.31. The zero-order chi connectivity index (χ0) is 13.8. The fourth-order valence-electron chi connectivity index (χ4n) is 2.21. The maximum atomic E-state index is 12.0. The highest BCUT2D eigenvalue weighted by atomic mass is 35.5. The van der Waals surface area contributed by atoms with Gasteiger partial charge in [0.25, 0.3) is 11.6 Å². The van der Waals surface area contributed by atoms with Crippen molar-refractivity contribution in [3.8, 4) is 0 Å². The van der Waals surface area contributed by atoms with Crippen LogP contribution in [-0.2, 0) is 0 Å². The average Bonchev–Trinajstić information content (AvgIpc) is 2.89. The number of nitrogens with zero attached hydrogens (tertiary/aromatic N) is 1. The molecule has 1 heterocycles. The van der Waals surface area contributed by atoms with Crippen LogP contribution in [0.5, 0.6) is 0 Å². The smallest absolute Gasteiger partial charge is 0.270 e. The van der Waals surface area contributed by atoms with Gasteiger partial charge in [0.05, 0.1) is 4.92 Å². The van der Waals surface area contributed by atoms with Gasteiger partial charge in [-0.05, 0) is 31.9 Å². The summed E-state index contributed by atoms with van der Waals surface area (Å²) in [5.41, 5.74) is 1.05. The molecular weight excluding hydrogens is 282 g/mol. The fourth-order valence-corrected chi connectivity index (χ4v) is 2.21. The Kier molecular flexibility index (Phi) is 5.91. The Balaban J connectivity index is 0.00000200. The van der Waals surface area contributed by atoms with Crippen LogP contribution in [0.4, 0.5) is 5.69 Å². The lowest BCUT2D eigenvalue weighted by atomic mass is 10.1. The zero-order valence-electron chi connectivity index (χ0n) is 11.2. The maximum absolute atomic E-state index is 12.0. The van der Waals surface area contributed by atoms with E-state index in [9.17, 15) is 14.9 Å². The highest BCUT2D eigenvalue weighted by Gasteiger charge is 2.18. The molecule has 0 spiro atoms. The van der Waals surface area contributed by atoms with E-state index < -0.39 is 4.92 Å². The number of rotatable bonds is 4. The van der Waals surface area contributed by atoms with E-state index in [4.69, 9.17) is 0 Å². The Hall–Kier alpha value is -1.66. The second-order valence-electron chi connectivity index (χ2n) is 4.76. The van der Waals surface area contributed by atoms with Gasteiger partial charge in [-0.15, -0.1) is 12.4 Å². The van der Waals surface area contributed by atoms with Crippen molar-refractivity contribution >= 4 is 24.0 Å². The molecule has 1 atom stereocenters. The predicted octanol–water partition coefficient (Wildman–Crippen LogP) is 1.81. The number of hydrogen-bond acceptors (Lipinski definition) is 4. The summed E-state index contributed by atoms with van der Waals surface area (Å²) in [5, 5.41) is 16.8. The highest BCUT2D eigenvalue weighted by molar-refractivity contribution is 5.96. The number of halogens is 1. The Morgan fingerprint density at radius 1 is 1.55 bits per heavy atom. The van der Waals surface area contributed by atoms with Crippen LogP contribution in [0.1, 0.15) is 28.8 Å². The Bertz CT molecular complexity index is 502. The molecule has 0 bridgehead atoms. The van der Waals surface area contributed by atoms with Gasteiger partial charge in [0.2, 0.25) is 0 Å². The first-order valence-corrected chi connectivity index (χ1v) is 6.34. The number of non-ortho nitro benzene ring substituents is 1. The summed E-state index contributed by atoms with van der Waals surface area (Å²) >= 11 is 0. The zero-order valence-corrected chi connectivity index (χ0v) is 12.0. The third-order valence-electron chi connectivity index (χ3n) is 3.35. The molecule has 0 radical (unpaired) electrons. The minimum atomic E-state index is -0.491. The molecule has 0 aliphatic carbocycles. The number of carbonyl (C=O) groups excluding carboxylic acids is 1. The molecule has 2 rings (SSSR count). The van der Waals surface area contributed by atoms with Crippen molar-refractivity contribution < 1.29 is 9.72 Å². The van der Waals surface area contributed by atoms with E-state index in [2.05, 4.69) is 10.6 Å². The molecule has 1 saturated heterocycles. The standard InChI is InChI=1S/C13H17N3O3.ClH/c1-9-4-5-11(16(18)19)7-12(9)13(17)15-8-10-3-2-6-14-10;/h4-5,7,10,14H,2-3,6,8H2,1H3,(H,15,17);1H. The highest BCUT2D eigenvalue weighted by Crippen LogP contribution is 2.17. The first-order chi connectivity index (χ1) is 9.08. The van der Waals surface area contributed by atoms with Crippen LogP contribution >= 0.6 is 12.4 Å². The minimum absolute atomic E-state index is 0. The fraction of sp³-hybridized carbons (Fsp3) is 0.462. The van der Waals surface area contributed by atoms with Gasteiger partial charge in [-0.1, -0.05) is 6.07 Å². The molecule has 1 aliphatic heterocycles. The van der Waals surface area contributed by atoms with Gasteiger partial charge < -0.3 is 10.6 Å². The van der Waals surface area contributed by atoms with Crippen LogP contribution in [-0.4, -0.2) is 30.0 Å². The molecule has 0 aromatic heterocycles. The van der Waals surface area contributed by atoms with Gasteiger partial charge in [0, 0.05) is 30.3 Å². The summed E-state index contributed by atoms with van der Waals surface area (Å²) in [6.07, 6.45) is 2.17. The molecule has 0 saturated carbocycles. The molecule has 1 fully saturated rings. The molecular formula is C13H18ClN3O3. The summed E-state index contributed by atoms with van der Waals surface area (Å²) in [7, 11) is 0. The van der Waals surface area contributed by atoms with E-state index in [-0.39, 0.29) is 24.0 Å². The third-order valence-corrected chi connectivity index (χ3v) is 3.35. The van der Waals surface area contributed by atoms with E-state index in [1.54, 1.807) is 13.0 Å². The molecule has 1 unspecified atom stereocenters. The SMILES string of the molecule is Cc1ccc([N+](=O)[O-])cc1C(=O)NCC1CCCN1.Cl. The molecule has 6 nitrogen and oxygen atoms in total. The number of benzene rings is 1. The summed E-state index contributed by atoms with van der Waals surface area (Å²) in [6, 6.07) is 4.64. The lowest BCUT2D eigenvalue weighted by Gasteiger charge is -2.12. The van der Waals surface area contributed by atoms with Crippen LogP contribution in [0, 0.1) is 17.0 Å². The molecule has 110 valence electrons. The molecule has 1 amide bonds. The summed E-state index contributed by atoms with van der Waals surface area (Å²) < 4.78 is 0. The second-order valence-corrected chi connectivity index (χ2v) is 4.76. The lowest BCUT2D eigenvalue weighted by molar-refractivity contribution is -0.384. The van der Waals surface area contributed by atoms with Crippen LogP contribution in [0.15, 0.2) is 18.2 Å². The van der Waals surface area contributed by atoms with E-state index >= 15 is 0 Å². The first kappa shape index (κ1) is 16.4. The molecule has 1 aromatic carbocycles. The van der Waals surface area contributed by atoms with Crippen molar-refractivity contribution in [3.63, 3.8) is 0 Å². The number of nitro groups is 1. The largest absolute Gasteiger partial charge is 0.350 e. The van der Waals surface area contributed by atoms with Crippen molar-refractivity contribution in [2.45, 2.75) is 25.8 Å². The van der Waals surface area contributed by atoms with Crippen LogP contribution in [0.2, 0.25) is 0 Å².